The number of carboxylic acids is 1. The van der Waals surface area contributed by atoms with E-state index in [1.807, 2.05) is 19.9 Å². The molecule has 1 aromatic carbocycles. The van der Waals surface area contributed by atoms with Gasteiger partial charge in [-0.3, -0.25) is 4.79 Å². The van der Waals surface area contributed by atoms with Crippen molar-refractivity contribution in [3.8, 4) is 0 Å². The van der Waals surface area contributed by atoms with Crippen LogP contribution >= 0.6 is 0 Å². The fourth-order valence-corrected chi connectivity index (χ4v) is 2.75. The van der Waals surface area contributed by atoms with Crippen molar-refractivity contribution in [3.63, 3.8) is 0 Å². The van der Waals surface area contributed by atoms with Crippen LogP contribution in [0.25, 0.3) is 0 Å². The first-order chi connectivity index (χ1) is 9.58. The maximum Gasteiger partial charge on any atom is 0.320 e. The van der Waals surface area contributed by atoms with E-state index in [4.69, 9.17) is 0 Å². The molecule has 1 aliphatic heterocycles. The lowest BCUT2D eigenvalue weighted by Crippen LogP contribution is -2.50. The van der Waals surface area contributed by atoms with E-state index in [9.17, 15) is 9.90 Å². The molecule has 0 aromatic heterocycles. The Morgan fingerprint density at radius 2 is 1.85 bits per heavy atom. The van der Waals surface area contributed by atoms with Crippen LogP contribution in [-0.2, 0) is 4.79 Å². The number of hydrogen-bond acceptors (Lipinski definition) is 3. The highest BCUT2D eigenvalue weighted by atomic mass is 16.4. The highest BCUT2D eigenvalue weighted by Crippen LogP contribution is 2.20. The van der Waals surface area contributed by atoms with Gasteiger partial charge in [-0.1, -0.05) is 32.0 Å². The van der Waals surface area contributed by atoms with Crippen LogP contribution in [-0.4, -0.2) is 36.2 Å². The number of benzene rings is 1. The van der Waals surface area contributed by atoms with Crippen molar-refractivity contribution in [2.24, 2.45) is 5.92 Å². The Bertz CT molecular complexity index is 425. The molecule has 0 amide bonds. The Balaban J connectivity index is 1.87. The zero-order valence-electron chi connectivity index (χ0n) is 12.2. The highest BCUT2D eigenvalue weighted by Gasteiger charge is 2.27. The largest absolute Gasteiger partial charge is 0.480 e. The number of nitrogens with one attached hydrogen (secondary N) is 1. The molecule has 1 atom stereocenters. The van der Waals surface area contributed by atoms with Gasteiger partial charge in [-0.25, -0.2) is 0 Å². The van der Waals surface area contributed by atoms with Crippen LogP contribution in [0, 0.1) is 5.92 Å². The van der Waals surface area contributed by atoms with Crippen molar-refractivity contribution in [2.45, 2.75) is 38.8 Å². The first kappa shape index (κ1) is 14.9. The third-order valence-corrected chi connectivity index (χ3v) is 3.96. The van der Waals surface area contributed by atoms with E-state index in [2.05, 4.69) is 34.5 Å². The number of anilines is 1. The Labute approximate surface area is 120 Å². The summed E-state index contributed by atoms with van der Waals surface area (Å²) in [6.45, 7) is 5.86. The van der Waals surface area contributed by atoms with Gasteiger partial charge < -0.3 is 15.3 Å². The van der Waals surface area contributed by atoms with Crippen LogP contribution in [0.2, 0.25) is 0 Å². The van der Waals surface area contributed by atoms with Crippen molar-refractivity contribution in [2.75, 3.05) is 18.0 Å². The summed E-state index contributed by atoms with van der Waals surface area (Å²) in [4.78, 5) is 13.6. The number of aliphatic carboxylic acids is 1. The average Bonchev–Trinajstić information content (AvgIpc) is 2.45. The summed E-state index contributed by atoms with van der Waals surface area (Å²) in [5, 5.41) is 12.5. The SMILES string of the molecule is CC(C)C(NC1CCN(c2ccccc2)CC1)C(=O)O. The van der Waals surface area contributed by atoms with Gasteiger partial charge in [0.25, 0.3) is 0 Å². The van der Waals surface area contributed by atoms with E-state index in [0.29, 0.717) is 6.04 Å². The molecule has 20 heavy (non-hydrogen) atoms. The van der Waals surface area contributed by atoms with Gasteiger partial charge in [0.1, 0.15) is 6.04 Å². The van der Waals surface area contributed by atoms with Gasteiger partial charge in [0.2, 0.25) is 0 Å². The van der Waals surface area contributed by atoms with Gasteiger partial charge in [-0.2, -0.15) is 0 Å². The second-order valence-electron chi connectivity index (χ2n) is 5.82. The van der Waals surface area contributed by atoms with Gasteiger partial charge in [-0.05, 0) is 30.9 Å². The number of carbonyl (C=O) groups is 1. The number of hydrogen-bond donors (Lipinski definition) is 2. The summed E-state index contributed by atoms with van der Waals surface area (Å²) in [6, 6.07) is 10.3. The fourth-order valence-electron chi connectivity index (χ4n) is 2.75. The topological polar surface area (TPSA) is 52.6 Å². The van der Waals surface area contributed by atoms with Crippen molar-refractivity contribution in [1.82, 2.24) is 5.32 Å². The minimum Gasteiger partial charge on any atom is -0.480 e. The molecule has 1 aromatic rings. The maximum absolute atomic E-state index is 11.2. The van der Waals surface area contributed by atoms with Crippen LogP contribution in [0.5, 0.6) is 0 Å². The molecule has 0 saturated carbocycles. The van der Waals surface area contributed by atoms with Gasteiger partial charge in [-0.15, -0.1) is 0 Å². The van der Waals surface area contributed by atoms with Crippen molar-refractivity contribution >= 4 is 11.7 Å². The summed E-state index contributed by atoms with van der Waals surface area (Å²) >= 11 is 0. The predicted octanol–water partition coefficient (Wildman–Crippen LogP) is 2.35. The van der Waals surface area contributed by atoms with Crippen LogP contribution in [0.1, 0.15) is 26.7 Å². The summed E-state index contributed by atoms with van der Waals surface area (Å²) < 4.78 is 0. The summed E-state index contributed by atoms with van der Waals surface area (Å²) in [5.74, 6) is -0.634. The second kappa shape index (κ2) is 6.75. The average molecular weight is 276 g/mol. The number of nitrogens with zero attached hydrogens (tertiary/aromatic N) is 1. The van der Waals surface area contributed by atoms with Crippen molar-refractivity contribution in [3.05, 3.63) is 30.3 Å². The zero-order chi connectivity index (χ0) is 14.5. The van der Waals surface area contributed by atoms with E-state index >= 15 is 0 Å². The van der Waals surface area contributed by atoms with E-state index < -0.39 is 12.0 Å². The first-order valence-corrected chi connectivity index (χ1v) is 7.37. The molecule has 1 unspecified atom stereocenters. The number of para-hydroxylation sites is 1. The standard InChI is InChI=1S/C16H24N2O2/c1-12(2)15(16(19)20)17-13-8-10-18(11-9-13)14-6-4-3-5-7-14/h3-7,12-13,15,17H,8-11H2,1-2H3,(H,19,20). The number of piperidine rings is 1. The molecule has 0 radical (unpaired) electrons. The molecule has 1 aliphatic rings. The van der Waals surface area contributed by atoms with Gasteiger partial charge >= 0.3 is 5.97 Å². The molecular formula is C16H24N2O2. The molecular weight excluding hydrogens is 252 g/mol. The normalized spacial score (nSPS) is 18.2. The molecule has 4 heteroatoms. The molecule has 0 aliphatic carbocycles. The van der Waals surface area contributed by atoms with Crippen LogP contribution < -0.4 is 10.2 Å². The molecule has 0 spiro atoms. The minimum absolute atomic E-state index is 0.111. The third-order valence-electron chi connectivity index (χ3n) is 3.96. The second-order valence-corrected chi connectivity index (χ2v) is 5.82. The number of rotatable bonds is 5. The van der Waals surface area contributed by atoms with Crippen LogP contribution in [0.15, 0.2) is 30.3 Å². The van der Waals surface area contributed by atoms with E-state index in [-0.39, 0.29) is 5.92 Å². The first-order valence-electron chi connectivity index (χ1n) is 7.37. The molecule has 1 saturated heterocycles. The quantitative estimate of drug-likeness (QED) is 0.867. The molecule has 0 bridgehead atoms. The lowest BCUT2D eigenvalue weighted by molar-refractivity contribution is -0.141. The molecule has 4 nitrogen and oxygen atoms in total. The Hall–Kier alpha value is -1.55. The van der Waals surface area contributed by atoms with E-state index in [1.54, 1.807) is 0 Å². The van der Waals surface area contributed by atoms with E-state index in [1.165, 1.54) is 5.69 Å². The van der Waals surface area contributed by atoms with Crippen LogP contribution in [0.4, 0.5) is 5.69 Å². The third kappa shape index (κ3) is 3.73. The Kier molecular flexibility index (Phi) is 5.01. The molecule has 1 fully saturated rings. The van der Waals surface area contributed by atoms with Gasteiger partial charge in [0.15, 0.2) is 0 Å². The molecule has 2 rings (SSSR count). The number of carboxylic acid groups (broad SMARTS) is 1. The summed E-state index contributed by atoms with van der Waals surface area (Å²) in [6.07, 6.45) is 1.98. The monoisotopic (exact) mass is 276 g/mol. The molecule has 1 heterocycles. The highest BCUT2D eigenvalue weighted by molar-refractivity contribution is 5.73. The van der Waals surface area contributed by atoms with Crippen molar-refractivity contribution < 1.29 is 9.90 Å². The van der Waals surface area contributed by atoms with Gasteiger partial charge in [0, 0.05) is 24.8 Å². The lowest BCUT2D eigenvalue weighted by Gasteiger charge is -2.35. The maximum atomic E-state index is 11.2. The van der Waals surface area contributed by atoms with Gasteiger partial charge in [0.05, 0.1) is 0 Å². The lowest BCUT2D eigenvalue weighted by atomic mass is 9.99. The fraction of sp³-hybridized carbons (Fsp3) is 0.562. The molecule has 110 valence electrons. The molecule has 2 N–H and O–H groups in total. The smallest absolute Gasteiger partial charge is 0.320 e. The van der Waals surface area contributed by atoms with Crippen LogP contribution in [0.3, 0.4) is 0 Å². The Morgan fingerprint density at radius 1 is 1.25 bits per heavy atom. The Morgan fingerprint density at radius 3 is 2.35 bits per heavy atom. The van der Waals surface area contributed by atoms with Crippen molar-refractivity contribution in [1.29, 1.82) is 0 Å². The summed E-state index contributed by atoms with van der Waals surface area (Å²) in [7, 11) is 0. The van der Waals surface area contributed by atoms with E-state index in [0.717, 1.165) is 25.9 Å². The summed E-state index contributed by atoms with van der Waals surface area (Å²) in [5.41, 5.74) is 1.25. The predicted molar refractivity (Wildman–Crippen MR) is 81.1 cm³/mol. The zero-order valence-corrected chi connectivity index (χ0v) is 12.2. The minimum atomic E-state index is -0.745.